The molecule has 0 aliphatic heterocycles. The average molecular weight is 139 g/mol. The average Bonchev–Trinajstić information content (AvgIpc) is 1.87. The van der Waals surface area contributed by atoms with Crippen molar-refractivity contribution in [1.82, 2.24) is 0 Å². The topological polar surface area (TPSA) is 0 Å². The van der Waals surface area contributed by atoms with Crippen LogP contribution in [0.1, 0.15) is 12.8 Å². The second kappa shape index (κ2) is 4.65. The van der Waals surface area contributed by atoms with Crippen LogP contribution in [0.5, 0.6) is 0 Å². The summed E-state index contributed by atoms with van der Waals surface area (Å²) in [6.07, 6.45) is -3.29. The fourth-order valence-corrected chi connectivity index (χ4v) is 0.458. The molecular weight excluding hydrogens is 129 g/mol. The Labute approximate surface area is 53.1 Å². The third kappa shape index (κ3) is 4.30. The predicted octanol–water partition coefficient (Wildman–Crippen LogP) is 2.25. The lowest BCUT2D eigenvalue weighted by molar-refractivity contribution is 0.187. The van der Waals surface area contributed by atoms with Crippen LogP contribution in [0.25, 0.3) is 0 Å². The fraction of sp³-hybridized carbons (Fsp3) is 0.833. The number of rotatable bonds is 4. The molecule has 2 atom stereocenters. The lowest BCUT2D eigenvalue weighted by atomic mass is 10.2. The van der Waals surface area contributed by atoms with Gasteiger partial charge in [-0.25, -0.2) is 13.2 Å². The molecule has 0 nitrogen and oxygen atoms in total. The molecule has 0 spiro atoms. The minimum Gasteiger partial charge on any atom is -0.248 e. The van der Waals surface area contributed by atoms with Crippen LogP contribution in [-0.4, -0.2) is 19.0 Å². The lowest BCUT2D eigenvalue weighted by Gasteiger charge is -2.05. The van der Waals surface area contributed by atoms with E-state index in [-0.39, 0.29) is 12.8 Å². The fourth-order valence-electron chi connectivity index (χ4n) is 0.458. The van der Waals surface area contributed by atoms with Gasteiger partial charge in [0.25, 0.3) is 0 Å². The first-order valence-corrected chi connectivity index (χ1v) is 2.84. The molecule has 0 aliphatic carbocycles. The molecule has 0 rings (SSSR count). The van der Waals surface area contributed by atoms with Crippen molar-refractivity contribution in [3.05, 3.63) is 6.92 Å². The van der Waals surface area contributed by atoms with Crippen molar-refractivity contribution in [2.45, 2.75) is 25.2 Å². The lowest BCUT2D eigenvalue weighted by Crippen LogP contribution is -2.10. The van der Waals surface area contributed by atoms with Crippen LogP contribution < -0.4 is 0 Å². The molecule has 3 heteroatoms. The Kier molecular flexibility index (Phi) is 4.54. The van der Waals surface area contributed by atoms with Crippen LogP contribution in [0.3, 0.4) is 0 Å². The van der Waals surface area contributed by atoms with Gasteiger partial charge in [-0.1, -0.05) is 6.92 Å². The Morgan fingerprint density at radius 1 is 1.22 bits per heavy atom. The van der Waals surface area contributed by atoms with Crippen molar-refractivity contribution in [3.63, 3.8) is 0 Å². The minimum absolute atomic E-state index is 0.0143. The molecule has 0 saturated carbocycles. The standard InChI is InChI=1S/C6H10F3/c1-2-5(8)3-6(9)4-7/h5-6H,1-4H2/t5?,6-/m0/s1. The molecule has 0 bridgehead atoms. The van der Waals surface area contributed by atoms with Crippen LogP contribution in [0.15, 0.2) is 0 Å². The van der Waals surface area contributed by atoms with Gasteiger partial charge in [-0.05, 0) is 6.42 Å². The molecule has 9 heavy (non-hydrogen) atoms. The van der Waals surface area contributed by atoms with Gasteiger partial charge >= 0.3 is 0 Å². The highest BCUT2D eigenvalue weighted by molar-refractivity contribution is 4.63. The number of halogens is 3. The van der Waals surface area contributed by atoms with Crippen molar-refractivity contribution in [2.24, 2.45) is 0 Å². The molecule has 0 aliphatic rings. The molecule has 0 saturated heterocycles. The van der Waals surface area contributed by atoms with Gasteiger partial charge in [0.2, 0.25) is 0 Å². The van der Waals surface area contributed by atoms with Gasteiger partial charge < -0.3 is 0 Å². The van der Waals surface area contributed by atoms with Crippen molar-refractivity contribution in [3.8, 4) is 0 Å². The first-order valence-electron chi connectivity index (χ1n) is 2.84. The molecule has 55 valence electrons. The Morgan fingerprint density at radius 2 is 1.78 bits per heavy atom. The van der Waals surface area contributed by atoms with Crippen LogP contribution >= 0.6 is 0 Å². The second-order valence-corrected chi connectivity index (χ2v) is 1.87. The van der Waals surface area contributed by atoms with Crippen molar-refractivity contribution >= 4 is 0 Å². The minimum atomic E-state index is -1.65. The van der Waals surface area contributed by atoms with Crippen LogP contribution in [-0.2, 0) is 0 Å². The summed E-state index contributed by atoms with van der Waals surface area (Å²) < 4.78 is 35.3. The largest absolute Gasteiger partial charge is 0.248 e. The van der Waals surface area contributed by atoms with Crippen LogP contribution in [0.4, 0.5) is 13.2 Å². The Balaban J connectivity index is 3.22. The van der Waals surface area contributed by atoms with Gasteiger partial charge in [0.15, 0.2) is 0 Å². The maximum Gasteiger partial charge on any atom is 0.131 e. The van der Waals surface area contributed by atoms with E-state index in [0.29, 0.717) is 0 Å². The first-order chi connectivity index (χ1) is 4.20. The van der Waals surface area contributed by atoms with Crippen LogP contribution in [0, 0.1) is 6.92 Å². The van der Waals surface area contributed by atoms with Gasteiger partial charge in [-0.2, -0.15) is 0 Å². The maximum atomic E-state index is 12.1. The zero-order valence-corrected chi connectivity index (χ0v) is 5.12. The summed E-state index contributed by atoms with van der Waals surface area (Å²) in [7, 11) is 0. The smallest absolute Gasteiger partial charge is 0.131 e. The van der Waals surface area contributed by atoms with E-state index >= 15 is 0 Å². The Morgan fingerprint density at radius 3 is 2.11 bits per heavy atom. The second-order valence-electron chi connectivity index (χ2n) is 1.87. The zero-order chi connectivity index (χ0) is 7.28. The van der Waals surface area contributed by atoms with Gasteiger partial charge in [0.1, 0.15) is 19.0 Å². The summed E-state index contributed by atoms with van der Waals surface area (Å²) in [6.45, 7) is 2.11. The van der Waals surface area contributed by atoms with Gasteiger partial charge in [0, 0.05) is 6.42 Å². The molecule has 0 aromatic heterocycles. The summed E-state index contributed by atoms with van der Waals surface area (Å²) in [4.78, 5) is 0. The number of hydrogen-bond acceptors (Lipinski definition) is 0. The summed E-state index contributed by atoms with van der Waals surface area (Å²) >= 11 is 0. The molecule has 1 unspecified atom stereocenters. The predicted molar refractivity (Wildman–Crippen MR) is 30.4 cm³/mol. The molecular formula is C6H10F3. The molecule has 0 heterocycles. The van der Waals surface area contributed by atoms with Gasteiger partial charge in [0.05, 0.1) is 0 Å². The van der Waals surface area contributed by atoms with E-state index in [1.54, 1.807) is 0 Å². The van der Waals surface area contributed by atoms with Gasteiger partial charge in [-0.3, -0.25) is 0 Å². The quantitative estimate of drug-likeness (QED) is 0.560. The SMILES string of the molecule is [CH2]CC(F)C[C@H](F)CF. The monoisotopic (exact) mass is 139 g/mol. The first kappa shape index (κ1) is 8.79. The molecule has 0 aromatic carbocycles. The zero-order valence-electron chi connectivity index (χ0n) is 5.12. The molecule has 0 N–H and O–H groups in total. The Bertz CT molecular complexity index is 57.3. The summed E-state index contributed by atoms with van der Waals surface area (Å²) in [6, 6.07) is 0. The highest BCUT2D eigenvalue weighted by Gasteiger charge is 2.12. The van der Waals surface area contributed by atoms with Crippen LogP contribution in [0.2, 0.25) is 0 Å². The third-order valence-corrected chi connectivity index (χ3v) is 0.992. The van der Waals surface area contributed by atoms with Crippen molar-refractivity contribution in [1.29, 1.82) is 0 Å². The number of hydrogen-bond donors (Lipinski definition) is 0. The normalized spacial score (nSPS) is 17.3. The van der Waals surface area contributed by atoms with E-state index in [1.807, 2.05) is 0 Å². The molecule has 0 fully saturated rings. The van der Waals surface area contributed by atoms with E-state index in [2.05, 4.69) is 6.92 Å². The van der Waals surface area contributed by atoms with Crippen molar-refractivity contribution < 1.29 is 13.2 Å². The molecule has 1 radical (unpaired) electrons. The molecule has 0 amide bonds. The summed E-state index contributed by atoms with van der Waals surface area (Å²) in [5, 5.41) is 0. The molecule has 0 aromatic rings. The highest BCUT2D eigenvalue weighted by Crippen LogP contribution is 2.08. The van der Waals surface area contributed by atoms with E-state index < -0.39 is 19.0 Å². The van der Waals surface area contributed by atoms with E-state index in [1.165, 1.54) is 0 Å². The summed E-state index contributed by atoms with van der Waals surface area (Å²) in [5.74, 6) is 0. The van der Waals surface area contributed by atoms with E-state index in [4.69, 9.17) is 0 Å². The number of alkyl halides is 3. The summed E-state index contributed by atoms with van der Waals surface area (Å²) in [5.41, 5.74) is 0. The van der Waals surface area contributed by atoms with E-state index in [9.17, 15) is 13.2 Å². The van der Waals surface area contributed by atoms with Crippen molar-refractivity contribution in [2.75, 3.05) is 6.67 Å². The maximum absolute atomic E-state index is 12.1. The van der Waals surface area contributed by atoms with E-state index in [0.717, 1.165) is 0 Å². The Hall–Kier alpha value is -0.210. The third-order valence-electron chi connectivity index (χ3n) is 0.992. The highest BCUT2D eigenvalue weighted by atomic mass is 19.2. The van der Waals surface area contributed by atoms with Gasteiger partial charge in [-0.15, -0.1) is 0 Å².